The van der Waals surface area contributed by atoms with Crippen molar-refractivity contribution in [2.24, 2.45) is 5.41 Å². The fourth-order valence-corrected chi connectivity index (χ4v) is 5.26. The quantitative estimate of drug-likeness (QED) is 0.874. The van der Waals surface area contributed by atoms with Crippen molar-refractivity contribution in [3.05, 3.63) is 39.8 Å². The molecule has 0 saturated heterocycles. The summed E-state index contributed by atoms with van der Waals surface area (Å²) < 4.78 is 1.91. The molecular weight excluding hydrogens is 350 g/mol. The predicted octanol–water partition coefficient (Wildman–Crippen LogP) is 2.67. The Morgan fingerprint density at radius 2 is 2.12 bits per heavy atom. The van der Waals surface area contributed by atoms with Crippen LogP contribution in [0.25, 0.3) is 0 Å². The molecule has 138 valence electrons. The van der Waals surface area contributed by atoms with Crippen LogP contribution in [0.2, 0.25) is 0 Å². The molecule has 6 nitrogen and oxygen atoms in total. The van der Waals surface area contributed by atoms with Gasteiger partial charge in [-0.3, -0.25) is 14.3 Å². The summed E-state index contributed by atoms with van der Waals surface area (Å²) in [5.74, 6) is -0.605. The number of nitrogens with zero attached hydrogens (tertiary/aromatic N) is 3. The van der Waals surface area contributed by atoms with E-state index in [1.165, 1.54) is 0 Å². The van der Waals surface area contributed by atoms with Gasteiger partial charge in [-0.2, -0.15) is 5.10 Å². The Hall–Kier alpha value is -2.15. The van der Waals surface area contributed by atoms with Crippen molar-refractivity contribution in [1.82, 2.24) is 14.7 Å². The van der Waals surface area contributed by atoms with Crippen molar-refractivity contribution in [2.75, 3.05) is 6.54 Å². The number of carbonyl (C=O) groups is 2. The van der Waals surface area contributed by atoms with Gasteiger partial charge in [0.15, 0.2) is 0 Å². The van der Waals surface area contributed by atoms with Crippen molar-refractivity contribution in [2.45, 2.75) is 51.6 Å². The van der Waals surface area contributed by atoms with E-state index in [-0.39, 0.29) is 17.7 Å². The maximum atomic E-state index is 13.5. The third-order valence-corrected chi connectivity index (χ3v) is 6.81. The third kappa shape index (κ3) is 2.65. The van der Waals surface area contributed by atoms with E-state index in [2.05, 4.69) is 25.0 Å². The normalized spacial score (nSPS) is 23.5. The fraction of sp³-hybridized carbons (Fsp3) is 0.526. The van der Waals surface area contributed by atoms with Crippen LogP contribution < -0.4 is 0 Å². The van der Waals surface area contributed by atoms with Gasteiger partial charge in [0.05, 0.1) is 36.3 Å². The topological polar surface area (TPSA) is 75.4 Å². The second kappa shape index (κ2) is 5.94. The van der Waals surface area contributed by atoms with E-state index in [0.29, 0.717) is 26.1 Å². The van der Waals surface area contributed by atoms with Crippen molar-refractivity contribution in [3.8, 4) is 0 Å². The molecule has 0 aromatic carbocycles. The lowest BCUT2D eigenvalue weighted by molar-refractivity contribution is -0.137. The van der Waals surface area contributed by atoms with Crippen LogP contribution in [0, 0.1) is 5.41 Å². The standard InChI is InChI=1S/C19H23N3O3S/c1-18(2)12-19(18,15-4-3-9-26-15)17(25)21-7-8-22-14(11-21)10-13(20-22)5-6-16(23)24/h3-4,9-10H,5-8,11-12H2,1-2H3,(H,23,24). The molecular formula is C19H23N3O3S. The zero-order chi connectivity index (χ0) is 18.5. The zero-order valence-electron chi connectivity index (χ0n) is 15.1. The molecule has 7 heteroatoms. The van der Waals surface area contributed by atoms with Crippen molar-refractivity contribution in [1.29, 1.82) is 0 Å². The second-order valence-electron chi connectivity index (χ2n) is 7.91. The second-order valence-corrected chi connectivity index (χ2v) is 8.86. The third-order valence-electron chi connectivity index (χ3n) is 5.78. The Balaban J connectivity index is 1.53. The van der Waals surface area contributed by atoms with Crippen LogP contribution in [0.1, 0.15) is 43.0 Å². The molecule has 1 atom stereocenters. The first-order chi connectivity index (χ1) is 12.3. The maximum absolute atomic E-state index is 13.5. The van der Waals surface area contributed by atoms with Gasteiger partial charge < -0.3 is 10.0 Å². The monoisotopic (exact) mass is 373 g/mol. The molecule has 1 fully saturated rings. The van der Waals surface area contributed by atoms with Gasteiger partial charge in [0.1, 0.15) is 0 Å². The molecule has 3 heterocycles. The first-order valence-electron chi connectivity index (χ1n) is 8.94. The predicted molar refractivity (Wildman–Crippen MR) is 98.0 cm³/mol. The number of amides is 1. The Bertz CT molecular complexity index is 856. The number of hydrogen-bond donors (Lipinski definition) is 1. The molecule has 1 aliphatic heterocycles. The number of hydrogen-bond acceptors (Lipinski definition) is 4. The van der Waals surface area contributed by atoms with Crippen LogP contribution in [-0.2, 0) is 34.5 Å². The number of fused-ring (bicyclic) bond motifs is 1. The molecule has 4 rings (SSSR count). The van der Waals surface area contributed by atoms with E-state index >= 15 is 0 Å². The number of rotatable bonds is 5. The minimum absolute atomic E-state index is 0.0146. The van der Waals surface area contributed by atoms with Crippen molar-refractivity contribution >= 4 is 23.2 Å². The van der Waals surface area contributed by atoms with Crippen LogP contribution in [-0.4, -0.2) is 38.2 Å². The van der Waals surface area contributed by atoms with Crippen LogP contribution >= 0.6 is 11.3 Å². The van der Waals surface area contributed by atoms with Gasteiger partial charge in [-0.05, 0) is 29.3 Å². The molecule has 2 aliphatic rings. The van der Waals surface area contributed by atoms with Crippen LogP contribution in [0.15, 0.2) is 23.6 Å². The molecule has 1 amide bonds. The van der Waals surface area contributed by atoms with Crippen molar-refractivity contribution in [3.63, 3.8) is 0 Å². The lowest BCUT2D eigenvalue weighted by Gasteiger charge is -2.32. The Morgan fingerprint density at radius 3 is 2.73 bits per heavy atom. The minimum atomic E-state index is -0.818. The van der Waals surface area contributed by atoms with Gasteiger partial charge in [-0.25, -0.2) is 0 Å². The summed E-state index contributed by atoms with van der Waals surface area (Å²) >= 11 is 1.67. The zero-order valence-corrected chi connectivity index (χ0v) is 15.9. The van der Waals surface area contributed by atoms with E-state index in [4.69, 9.17) is 5.11 Å². The van der Waals surface area contributed by atoms with E-state index in [9.17, 15) is 9.59 Å². The molecule has 1 N–H and O–H groups in total. The highest BCUT2D eigenvalue weighted by molar-refractivity contribution is 7.10. The lowest BCUT2D eigenvalue weighted by atomic mass is 9.92. The number of aliphatic carboxylic acids is 1. The molecule has 2 aromatic heterocycles. The van der Waals surface area contributed by atoms with Crippen molar-refractivity contribution < 1.29 is 14.7 Å². The summed E-state index contributed by atoms with van der Waals surface area (Å²) in [4.78, 5) is 27.3. The molecule has 1 unspecified atom stereocenters. The van der Waals surface area contributed by atoms with Crippen LogP contribution in [0.4, 0.5) is 0 Å². The average Bonchev–Trinajstić information content (AvgIpc) is 3.03. The minimum Gasteiger partial charge on any atom is -0.481 e. The maximum Gasteiger partial charge on any atom is 0.303 e. The van der Waals surface area contributed by atoms with Crippen LogP contribution in [0.5, 0.6) is 0 Å². The summed E-state index contributed by atoms with van der Waals surface area (Å²) in [5, 5.41) is 15.4. The van der Waals surface area contributed by atoms with E-state index in [1.807, 2.05) is 27.1 Å². The number of aryl methyl sites for hydroxylation is 1. The van der Waals surface area contributed by atoms with Gasteiger partial charge in [-0.1, -0.05) is 19.9 Å². The Labute approximate surface area is 156 Å². The summed E-state index contributed by atoms with van der Waals surface area (Å²) in [7, 11) is 0. The summed E-state index contributed by atoms with van der Waals surface area (Å²) in [6.45, 7) is 6.19. The Kier molecular flexibility index (Phi) is 3.95. The molecule has 2 aromatic rings. The van der Waals surface area contributed by atoms with Gasteiger partial charge in [0.2, 0.25) is 5.91 Å². The number of carbonyl (C=O) groups excluding carboxylic acids is 1. The number of carboxylic acid groups (broad SMARTS) is 1. The fourth-order valence-electron chi connectivity index (χ4n) is 4.16. The summed E-state index contributed by atoms with van der Waals surface area (Å²) in [6.07, 6.45) is 1.39. The van der Waals surface area contributed by atoms with Crippen LogP contribution in [0.3, 0.4) is 0 Å². The highest BCUT2D eigenvalue weighted by atomic mass is 32.1. The highest BCUT2D eigenvalue weighted by Gasteiger charge is 2.68. The first kappa shape index (κ1) is 17.3. The average molecular weight is 373 g/mol. The number of aromatic nitrogens is 2. The molecule has 0 bridgehead atoms. The summed E-state index contributed by atoms with van der Waals surface area (Å²) in [6, 6.07) is 6.04. The highest BCUT2D eigenvalue weighted by Crippen LogP contribution is 2.66. The van der Waals surface area contributed by atoms with E-state index in [0.717, 1.165) is 22.7 Å². The van der Waals surface area contributed by atoms with Gasteiger partial charge in [-0.15, -0.1) is 11.3 Å². The molecule has 0 radical (unpaired) electrons. The Morgan fingerprint density at radius 1 is 1.35 bits per heavy atom. The SMILES string of the molecule is CC1(C)CC1(C(=O)N1CCn2nc(CCC(=O)O)cc2C1)c1cccs1. The first-order valence-corrected chi connectivity index (χ1v) is 9.82. The smallest absolute Gasteiger partial charge is 0.303 e. The molecule has 1 saturated carbocycles. The lowest BCUT2D eigenvalue weighted by Crippen LogP contribution is -2.45. The van der Waals surface area contributed by atoms with Gasteiger partial charge in [0.25, 0.3) is 0 Å². The van der Waals surface area contributed by atoms with Gasteiger partial charge in [0, 0.05) is 17.8 Å². The van der Waals surface area contributed by atoms with E-state index < -0.39 is 11.4 Å². The molecule has 1 aliphatic carbocycles. The summed E-state index contributed by atoms with van der Waals surface area (Å²) in [5.41, 5.74) is 1.37. The van der Waals surface area contributed by atoms with E-state index in [1.54, 1.807) is 11.3 Å². The molecule has 0 spiro atoms. The molecule has 26 heavy (non-hydrogen) atoms. The largest absolute Gasteiger partial charge is 0.481 e. The number of carboxylic acids is 1. The number of thiophene rings is 1. The van der Waals surface area contributed by atoms with Gasteiger partial charge >= 0.3 is 5.97 Å².